The maximum atomic E-state index is 12.4. The van der Waals surface area contributed by atoms with Crippen LogP contribution in [-0.2, 0) is 10.0 Å². The molecule has 2 aromatic rings. The summed E-state index contributed by atoms with van der Waals surface area (Å²) in [4.78, 5) is 5.68. The first kappa shape index (κ1) is 16.1. The van der Waals surface area contributed by atoms with Crippen molar-refractivity contribution < 1.29 is 8.42 Å². The Labute approximate surface area is 137 Å². The van der Waals surface area contributed by atoms with Crippen molar-refractivity contribution in [2.45, 2.75) is 4.90 Å². The lowest BCUT2D eigenvalue weighted by Gasteiger charge is -2.19. The fraction of sp³-hybridized carbons (Fsp3) is 0.154. The van der Waals surface area contributed by atoms with Gasteiger partial charge in [0.2, 0.25) is 0 Å². The highest BCUT2D eigenvalue weighted by Gasteiger charge is 2.18. The summed E-state index contributed by atoms with van der Waals surface area (Å²) in [7, 11) is -0.154. The van der Waals surface area contributed by atoms with Gasteiger partial charge in [-0.1, -0.05) is 17.7 Å². The highest BCUT2D eigenvalue weighted by molar-refractivity contribution is 9.10. The normalized spacial score (nSPS) is 11.2. The van der Waals surface area contributed by atoms with Crippen LogP contribution in [0.15, 0.2) is 46.0 Å². The molecule has 0 aliphatic heterocycles. The van der Waals surface area contributed by atoms with E-state index in [0.717, 1.165) is 0 Å². The van der Waals surface area contributed by atoms with Gasteiger partial charge >= 0.3 is 0 Å². The molecule has 5 nitrogen and oxygen atoms in total. The molecule has 21 heavy (non-hydrogen) atoms. The number of sulfonamides is 1. The van der Waals surface area contributed by atoms with Crippen molar-refractivity contribution >= 4 is 48.9 Å². The minimum atomic E-state index is -3.74. The lowest BCUT2D eigenvalue weighted by molar-refractivity contribution is 0.600. The second kappa shape index (κ2) is 6.21. The van der Waals surface area contributed by atoms with Crippen molar-refractivity contribution in [1.82, 2.24) is 4.98 Å². The Morgan fingerprint density at radius 1 is 1.29 bits per heavy atom. The second-order valence-electron chi connectivity index (χ2n) is 4.47. The Hall–Kier alpha value is -1.31. The molecule has 0 spiro atoms. The number of hydrogen-bond acceptors (Lipinski definition) is 4. The molecule has 0 bridgehead atoms. The number of nitrogens with zero attached hydrogens (tertiary/aromatic N) is 2. The van der Waals surface area contributed by atoms with E-state index in [9.17, 15) is 8.42 Å². The van der Waals surface area contributed by atoms with Gasteiger partial charge < -0.3 is 4.90 Å². The van der Waals surface area contributed by atoms with Crippen molar-refractivity contribution in [3.05, 3.63) is 46.2 Å². The monoisotopic (exact) mass is 389 g/mol. The summed E-state index contributed by atoms with van der Waals surface area (Å²) in [6.07, 6.45) is 2.80. The summed E-state index contributed by atoms with van der Waals surface area (Å²) in [5, 5.41) is 0.465. The molecule has 0 unspecified atom stereocenters. The van der Waals surface area contributed by atoms with E-state index in [1.165, 1.54) is 18.5 Å². The van der Waals surface area contributed by atoms with Crippen LogP contribution in [0.2, 0.25) is 5.02 Å². The van der Waals surface area contributed by atoms with E-state index in [2.05, 4.69) is 25.6 Å². The maximum Gasteiger partial charge on any atom is 0.263 e. The summed E-state index contributed by atoms with van der Waals surface area (Å²) >= 11 is 9.33. The third-order valence-corrected chi connectivity index (χ3v) is 4.74. The summed E-state index contributed by atoms with van der Waals surface area (Å²) in [6, 6.07) is 6.53. The van der Waals surface area contributed by atoms with Crippen LogP contribution in [0.5, 0.6) is 0 Å². The van der Waals surface area contributed by atoms with Gasteiger partial charge in [0.05, 0.1) is 16.4 Å². The van der Waals surface area contributed by atoms with Gasteiger partial charge in [-0.3, -0.25) is 9.71 Å². The Bertz CT molecular complexity index is 766. The molecule has 1 heterocycles. The van der Waals surface area contributed by atoms with Gasteiger partial charge in [0, 0.05) is 31.0 Å². The van der Waals surface area contributed by atoms with E-state index in [0.29, 0.717) is 20.9 Å². The van der Waals surface area contributed by atoms with E-state index in [4.69, 9.17) is 11.6 Å². The molecule has 0 aliphatic rings. The van der Waals surface area contributed by atoms with Crippen LogP contribution >= 0.6 is 27.5 Å². The average Bonchev–Trinajstić information content (AvgIpc) is 2.37. The first-order chi connectivity index (χ1) is 9.81. The minimum Gasteiger partial charge on any atom is -0.375 e. The quantitative estimate of drug-likeness (QED) is 0.869. The molecule has 112 valence electrons. The van der Waals surface area contributed by atoms with Gasteiger partial charge in [-0.2, -0.15) is 0 Å². The fourth-order valence-corrected chi connectivity index (χ4v) is 3.71. The van der Waals surface area contributed by atoms with E-state index < -0.39 is 10.0 Å². The smallest absolute Gasteiger partial charge is 0.263 e. The third kappa shape index (κ3) is 3.66. The zero-order valence-electron chi connectivity index (χ0n) is 11.3. The summed E-state index contributed by atoms with van der Waals surface area (Å²) < 4.78 is 27.9. The minimum absolute atomic E-state index is 0.0709. The highest BCUT2D eigenvalue weighted by Crippen LogP contribution is 2.33. The van der Waals surface area contributed by atoms with Gasteiger partial charge in [0.15, 0.2) is 0 Å². The van der Waals surface area contributed by atoms with E-state index in [1.807, 2.05) is 0 Å². The topological polar surface area (TPSA) is 62.3 Å². The molecular formula is C13H13BrClN3O2S. The third-order valence-electron chi connectivity index (χ3n) is 2.67. The Balaban J connectivity index is 2.45. The van der Waals surface area contributed by atoms with Crippen molar-refractivity contribution in [3.63, 3.8) is 0 Å². The number of benzene rings is 1. The molecule has 0 radical (unpaired) electrons. The number of hydrogen-bond donors (Lipinski definition) is 1. The largest absolute Gasteiger partial charge is 0.375 e. The van der Waals surface area contributed by atoms with Gasteiger partial charge in [0.25, 0.3) is 10.0 Å². The predicted octanol–water partition coefficient (Wildman–Crippen LogP) is 3.36. The van der Waals surface area contributed by atoms with E-state index in [1.54, 1.807) is 37.2 Å². The Morgan fingerprint density at radius 2 is 2.00 bits per heavy atom. The number of pyridine rings is 1. The van der Waals surface area contributed by atoms with Crippen molar-refractivity contribution in [2.75, 3.05) is 23.7 Å². The zero-order valence-corrected chi connectivity index (χ0v) is 14.5. The molecule has 0 saturated carbocycles. The van der Waals surface area contributed by atoms with Crippen LogP contribution in [0.4, 0.5) is 11.4 Å². The van der Waals surface area contributed by atoms with Gasteiger partial charge in [-0.25, -0.2) is 8.42 Å². The first-order valence-corrected chi connectivity index (χ1v) is 8.56. The summed E-state index contributed by atoms with van der Waals surface area (Å²) in [5.74, 6) is 0. The summed E-state index contributed by atoms with van der Waals surface area (Å²) in [5.41, 5.74) is 1.01. The Kier molecular flexibility index (Phi) is 4.75. The number of para-hydroxylation sites is 1. The molecule has 0 fully saturated rings. The average molecular weight is 391 g/mol. The van der Waals surface area contributed by atoms with Gasteiger partial charge in [0.1, 0.15) is 4.90 Å². The molecule has 0 aliphatic carbocycles. The molecule has 1 N–H and O–H groups in total. The first-order valence-electron chi connectivity index (χ1n) is 5.90. The van der Waals surface area contributed by atoms with Gasteiger partial charge in [-0.15, -0.1) is 0 Å². The second-order valence-corrected chi connectivity index (χ2v) is 7.48. The molecule has 0 saturated heterocycles. The van der Waals surface area contributed by atoms with Crippen LogP contribution in [0.1, 0.15) is 0 Å². The maximum absolute atomic E-state index is 12.4. The Morgan fingerprint density at radius 3 is 2.62 bits per heavy atom. The van der Waals surface area contributed by atoms with Crippen LogP contribution in [0.25, 0.3) is 0 Å². The van der Waals surface area contributed by atoms with Crippen molar-refractivity contribution in [2.24, 2.45) is 0 Å². The van der Waals surface area contributed by atoms with Crippen LogP contribution in [0, 0.1) is 0 Å². The molecule has 8 heteroatoms. The number of nitrogens with one attached hydrogen (secondary N) is 1. The number of aromatic nitrogens is 1. The van der Waals surface area contributed by atoms with Crippen LogP contribution < -0.4 is 9.62 Å². The standard InChI is InChI=1S/C13H13BrClN3O2S/c1-18(2)13-11(15)4-3-5-12(13)17-21(19,20)10-6-9(14)7-16-8-10/h3-8,17H,1-2H3. The number of rotatable bonds is 4. The number of anilines is 2. The molecule has 0 atom stereocenters. The molecule has 0 amide bonds. The van der Waals surface area contributed by atoms with Gasteiger partial charge in [-0.05, 0) is 34.1 Å². The zero-order chi connectivity index (χ0) is 15.6. The number of halogens is 2. The van der Waals surface area contributed by atoms with Crippen LogP contribution in [-0.4, -0.2) is 27.5 Å². The van der Waals surface area contributed by atoms with Crippen molar-refractivity contribution in [3.8, 4) is 0 Å². The lowest BCUT2D eigenvalue weighted by Crippen LogP contribution is -2.17. The predicted molar refractivity (Wildman–Crippen MR) is 88.5 cm³/mol. The van der Waals surface area contributed by atoms with E-state index in [-0.39, 0.29) is 4.90 Å². The summed E-state index contributed by atoms with van der Waals surface area (Å²) in [6.45, 7) is 0. The highest BCUT2D eigenvalue weighted by atomic mass is 79.9. The van der Waals surface area contributed by atoms with Crippen molar-refractivity contribution in [1.29, 1.82) is 0 Å². The molecule has 1 aromatic heterocycles. The SMILES string of the molecule is CN(C)c1c(Cl)cccc1NS(=O)(=O)c1cncc(Br)c1. The lowest BCUT2D eigenvalue weighted by atomic mass is 10.2. The van der Waals surface area contributed by atoms with Crippen LogP contribution in [0.3, 0.4) is 0 Å². The molecular weight excluding hydrogens is 378 g/mol. The fourth-order valence-electron chi connectivity index (χ4n) is 1.80. The molecule has 1 aromatic carbocycles. The molecule has 2 rings (SSSR count). The van der Waals surface area contributed by atoms with E-state index >= 15 is 0 Å².